The van der Waals surface area contributed by atoms with Crippen molar-refractivity contribution in [1.82, 2.24) is 9.88 Å². The molecular formula is C21H21N3O2S2. The number of fused-ring (bicyclic) bond motifs is 1. The highest BCUT2D eigenvalue weighted by Gasteiger charge is 2.21. The molecule has 3 aromatic rings. The first kappa shape index (κ1) is 19.0. The molecular weight excluding hydrogens is 390 g/mol. The lowest BCUT2D eigenvalue weighted by Gasteiger charge is -2.27. The summed E-state index contributed by atoms with van der Waals surface area (Å²) in [6, 6.07) is 15.2. The summed E-state index contributed by atoms with van der Waals surface area (Å²) in [6.45, 7) is 1.57. The van der Waals surface area contributed by atoms with Crippen LogP contribution in [0.15, 0.2) is 52.9 Å². The zero-order valence-corrected chi connectivity index (χ0v) is 17.0. The van der Waals surface area contributed by atoms with Crippen LogP contribution in [0, 0.1) is 0 Å². The molecule has 5 nitrogen and oxygen atoms in total. The third-order valence-electron chi connectivity index (χ3n) is 4.68. The summed E-state index contributed by atoms with van der Waals surface area (Å²) in [5.74, 6) is 0.115. The number of hydrogen-bond donors (Lipinski definition) is 1. The molecule has 0 saturated carbocycles. The molecule has 0 atom stereocenters. The number of thioether (sulfide) groups is 1. The minimum atomic E-state index is -0.136. The van der Waals surface area contributed by atoms with Crippen molar-refractivity contribution >= 4 is 50.8 Å². The van der Waals surface area contributed by atoms with Crippen LogP contribution in [0.1, 0.15) is 29.6 Å². The van der Waals surface area contributed by atoms with E-state index in [0.29, 0.717) is 11.3 Å². The summed E-state index contributed by atoms with van der Waals surface area (Å²) in [4.78, 5) is 31.7. The first-order valence-corrected chi connectivity index (χ1v) is 11.2. The number of nitrogens with one attached hydrogen (secondary N) is 1. The van der Waals surface area contributed by atoms with Gasteiger partial charge in [-0.15, -0.1) is 11.3 Å². The van der Waals surface area contributed by atoms with Crippen LogP contribution < -0.4 is 5.32 Å². The number of carbonyl (C=O) groups is 2. The van der Waals surface area contributed by atoms with E-state index < -0.39 is 0 Å². The van der Waals surface area contributed by atoms with Crippen LogP contribution in [-0.2, 0) is 4.79 Å². The van der Waals surface area contributed by atoms with Gasteiger partial charge in [0.15, 0.2) is 4.34 Å². The number of benzene rings is 2. The van der Waals surface area contributed by atoms with Gasteiger partial charge in [0, 0.05) is 13.1 Å². The standard InChI is InChI=1S/C21H21N3O2S2/c25-19(14-27-21-23-17-10-4-5-11-18(17)28-21)22-16-9-3-2-8-15(16)20(26)24-12-6-1-7-13-24/h2-5,8-11H,1,6-7,12-14H2,(H,22,25). The fourth-order valence-corrected chi connectivity index (χ4v) is 5.14. The quantitative estimate of drug-likeness (QED) is 0.621. The van der Waals surface area contributed by atoms with Gasteiger partial charge in [-0.25, -0.2) is 4.98 Å². The number of anilines is 1. The largest absolute Gasteiger partial charge is 0.339 e. The highest BCUT2D eigenvalue weighted by atomic mass is 32.2. The van der Waals surface area contributed by atoms with E-state index in [-0.39, 0.29) is 17.6 Å². The second-order valence-electron chi connectivity index (χ2n) is 6.68. The molecule has 144 valence electrons. The van der Waals surface area contributed by atoms with Gasteiger partial charge >= 0.3 is 0 Å². The maximum atomic E-state index is 12.8. The summed E-state index contributed by atoms with van der Waals surface area (Å²) in [7, 11) is 0. The number of piperidine rings is 1. The SMILES string of the molecule is O=C(CSc1nc2ccccc2s1)Nc1ccccc1C(=O)N1CCCCC1. The van der Waals surface area contributed by atoms with Crippen molar-refractivity contribution in [3.63, 3.8) is 0 Å². The van der Waals surface area contributed by atoms with Gasteiger partial charge in [-0.1, -0.05) is 36.0 Å². The zero-order chi connectivity index (χ0) is 19.3. The summed E-state index contributed by atoms with van der Waals surface area (Å²) in [5, 5.41) is 2.90. The van der Waals surface area contributed by atoms with E-state index >= 15 is 0 Å². The van der Waals surface area contributed by atoms with E-state index in [1.807, 2.05) is 41.3 Å². The molecule has 1 saturated heterocycles. The first-order valence-electron chi connectivity index (χ1n) is 9.37. The number of hydrogen-bond acceptors (Lipinski definition) is 5. The molecule has 1 aliphatic heterocycles. The Hall–Kier alpha value is -2.38. The van der Waals surface area contributed by atoms with Gasteiger partial charge in [-0.2, -0.15) is 0 Å². The third-order valence-corrected chi connectivity index (χ3v) is 6.86. The van der Waals surface area contributed by atoms with Crippen molar-refractivity contribution in [1.29, 1.82) is 0 Å². The van der Waals surface area contributed by atoms with Gasteiger partial charge in [-0.3, -0.25) is 9.59 Å². The van der Waals surface area contributed by atoms with Crippen molar-refractivity contribution in [3.8, 4) is 0 Å². The molecule has 7 heteroatoms. The number of rotatable bonds is 5. The summed E-state index contributed by atoms with van der Waals surface area (Å²) in [6.07, 6.45) is 3.25. The number of nitrogens with zero attached hydrogens (tertiary/aromatic N) is 2. The van der Waals surface area contributed by atoms with Crippen LogP contribution in [-0.4, -0.2) is 40.5 Å². The number of para-hydroxylation sites is 2. The van der Waals surface area contributed by atoms with Crippen molar-refractivity contribution in [2.75, 3.05) is 24.2 Å². The molecule has 1 fully saturated rings. The second-order valence-corrected chi connectivity index (χ2v) is 8.94. The molecule has 1 N–H and O–H groups in total. The molecule has 0 radical (unpaired) electrons. The normalized spacial score (nSPS) is 14.2. The average Bonchev–Trinajstić information content (AvgIpc) is 3.16. The highest BCUT2D eigenvalue weighted by Crippen LogP contribution is 2.29. The van der Waals surface area contributed by atoms with Gasteiger partial charge in [0.1, 0.15) is 0 Å². The van der Waals surface area contributed by atoms with E-state index in [1.54, 1.807) is 23.5 Å². The van der Waals surface area contributed by atoms with Gasteiger partial charge in [-0.05, 0) is 43.5 Å². The number of carbonyl (C=O) groups excluding carboxylic acids is 2. The van der Waals surface area contributed by atoms with Crippen molar-refractivity contribution < 1.29 is 9.59 Å². The maximum Gasteiger partial charge on any atom is 0.255 e. The molecule has 1 aromatic heterocycles. The zero-order valence-electron chi connectivity index (χ0n) is 15.4. The topological polar surface area (TPSA) is 62.3 Å². The third kappa shape index (κ3) is 4.36. The van der Waals surface area contributed by atoms with Gasteiger partial charge < -0.3 is 10.2 Å². The molecule has 2 aromatic carbocycles. The monoisotopic (exact) mass is 411 g/mol. The fraction of sp³-hybridized carbons (Fsp3) is 0.286. The van der Waals surface area contributed by atoms with Crippen LogP contribution in [0.3, 0.4) is 0 Å². The summed E-state index contributed by atoms with van der Waals surface area (Å²) in [5.41, 5.74) is 2.09. The summed E-state index contributed by atoms with van der Waals surface area (Å²) < 4.78 is 1.98. The van der Waals surface area contributed by atoms with Crippen LogP contribution >= 0.6 is 23.1 Å². The lowest BCUT2D eigenvalue weighted by Crippen LogP contribution is -2.36. The Kier molecular flexibility index (Phi) is 5.92. The predicted molar refractivity (Wildman–Crippen MR) is 115 cm³/mol. The molecule has 2 heterocycles. The molecule has 28 heavy (non-hydrogen) atoms. The molecule has 0 spiro atoms. The van der Waals surface area contributed by atoms with E-state index in [9.17, 15) is 9.59 Å². The van der Waals surface area contributed by atoms with Crippen molar-refractivity contribution in [2.45, 2.75) is 23.6 Å². The smallest absolute Gasteiger partial charge is 0.255 e. The van der Waals surface area contributed by atoms with Crippen LogP contribution in [0.4, 0.5) is 5.69 Å². The number of likely N-dealkylation sites (tertiary alicyclic amines) is 1. The Morgan fingerprint density at radius 3 is 2.61 bits per heavy atom. The van der Waals surface area contributed by atoms with Crippen molar-refractivity contribution in [2.24, 2.45) is 0 Å². The maximum absolute atomic E-state index is 12.8. The lowest BCUT2D eigenvalue weighted by molar-refractivity contribution is -0.113. The Balaban J connectivity index is 1.40. The minimum Gasteiger partial charge on any atom is -0.339 e. The Bertz CT molecular complexity index is 963. The molecule has 1 aliphatic rings. The van der Waals surface area contributed by atoms with Gasteiger partial charge in [0.05, 0.1) is 27.2 Å². The molecule has 0 aliphatic carbocycles. The Morgan fingerprint density at radius 2 is 1.79 bits per heavy atom. The van der Waals surface area contributed by atoms with E-state index in [1.165, 1.54) is 18.2 Å². The molecule has 0 unspecified atom stereocenters. The number of amides is 2. The summed E-state index contributed by atoms with van der Waals surface area (Å²) >= 11 is 3.00. The first-order chi connectivity index (χ1) is 13.7. The lowest BCUT2D eigenvalue weighted by atomic mass is 10.1. The fourth-order valence-electron chi connectivity index (χ4n) is 3.27. The van der Waals surface area contributed by atoms with Gasteiger partial charge in [0.2, 0.25) is 5.91 Å². The van der Waals surface area contributed by atoms with Crippen LogP contribution in [0.5, 0.6) is 0 Å². The second kappa shape index (κ2) is 8.75. The highest BCUT2D eigenvalue weighted by molar-refractivity contribution is 8.01. The minimum absolute atomic E-state index is 0.00516. The molecule has 2 amide bonds. The van der Waals surface area contributed by atoms with Crippen molar-refractivity contribution in [3.05, 3.63) is 54.1 Å². The Labute approximate surface area is 172 Å². The molecule has 4 rings (SSSR count). The van der Waals surface area contributed by atoms with E-state index in [4.69, 9.17) is 0 Å². The average molecular weight is 412 g/mol. The molecule has 0 bridgehead atoms. The van der Waals surface area contributed by atoms with E-state index in [0.717, 1.165) is 40.5 Å². The van der Waals surface area contributed by atoms with Crippen LogP contribution in [0.25, 0.3) is 10.2 Å². The van der Waals surface area contributed by atoms with E-state index in [2.05, 4.69) is 10.3 Å². The predicted octanol–water partition coefficient (Wildman–Crippen LogP) is 4.65. The van der Waals surface area contributed by atoms with Crippen LogP contribution in [0.2, 0.25) is 0 Å². The number of thiazole rings is 1. The number of aromatic nitrogens is 1. The van der Waals surface area contributed by atoms with Gasteiger partial charge in [0.25, 0.3) is 5.91 Å². The Morgan fingerprint density at radius 1 is 1.04 bits per heavy atom.